The Kier molecular flexibility index (Phi) is 3.95. The van der Waals surface area contributed by atoms with Crippen molar-refractivity contribution in [1.82, 2.24) is 10.2 Å². The highest BCUT2D eigenvalue weighted by Crippen LogP contribution is 2.33. The molecule has 3 amide bonds. The predicted octanol–water partition coefficient (Wildman–Crippen LogP) is -0.0623. The van der Waals surface area contributed by atoms with Gasteiger partial charge in [0.2, 0.25) is 5.91 Å². The first-order valence-electron chi connectivity index (χ1n) is 5.72. The van der Waals surface area contributed by atoms with Crippen molar-refractivity contribution in [2.45, 2.75) is 29.8 Å². The molecule has 0 aliphatic carbocycles. The summed E-state index contributed by atoms with van der Waals surface area (Å²) in [5.41, 5.74) is 0. The molecule has 0 aromatic carbocycles. The molecule has 8 heteroatoms. The van der Waals surface area contributed by atoms with E-state index < -0.39 is 34.8 Å². The number of carbonyl (C=O) groups is 2. The van der Waals surface area contributed by atoms with Crippen LogP contribution >= 0.6 is 15.9 Å². The quantitative estimate of drug-likeness (QED) is 0.557. The Labute approximate surface area is 118 Å². The average Bonchev–Trinajstić information content (AvgIpc) is 2.81. The molecule has 4 atom stereocenters. The van der Waals surface area contributed by atoms with Crippen molar-refractivity contribution < 1.29 is 24.2 Å². The smallest absolute Gasteiger partial charge is 0.328 e. The van der Waals surface area contributed by atoms with Gasteiger partial charge in [-0.3, -0.25) is 15.0 Å². The number of aliphatic hydroxyl groups excluding tert-OH is 1. The zero-order valence-electron chi connectivity index (χ0n) is 10.5. The highest BCUT2D eigenvalue weighted by molar-refractivity contribution is 9.10. The molecule has 0 aromatic heterocycles. The maximum Gasteiger partial charge on any atom is 0.328 e. The number of nitrogens with zero attached hydrogens (tertiary/aromatic N) is 1. The van der Waals surface area contributed by atoms with Crippen molar-refractivity contribution in [3.63, 3.8) is 0 Å². The van der Waals surface area contributed by atoms with Crippen molar-refractivity contribution in [2.24, 2.45) is 0 Å². The van der Waals surface area contributed by atoms with Crippen LogP contribution in [-0.4, -0.2) is 58.5 Å². The highest BCUT2D eigenvalue weighted by atomic mass is 79.9. The van der Waals surface area contributed by atoms with E-state index in [-0.39, 0.29) is 6.61 Å². The molecule has 106 valence electrons. The van der Waals surface area contributed by atoms with Gasteiger partial charge in [0.05, 0.1) is 6.61 Å². The SMILES string of the molecule is CO[C@@H]1N([C@H]2C=C[C@@H](CO)O2)C(=O)NC(=O)[C@@]1(C)Br. The van der Waals surface area contributed by atoms with Crippen LogP contribution in [0.4, 0.5) is 4.79 Å². The molecule has 1 saturated heterocycles. The lowest BCUT2D eigenvalue weighted by Gasteiger charge is -2.44. The highest BCUT2D eigenvalue weighted by Gasteiger charge is 2.52. The van der Waals surface area contributed by atoms with Crippen LogP contribution in [0.2, 0.25) is 0 Å². The molecular formula is C11H15BrN2O5. The summed E-state index contributed by atoms with van der Waals surface area (Å²) in [5, 5.41) is 11.3. The molecule has 19 heavy (non-hydrogen) atoms. The average molecular weight is 335 g/mol. The number of carbonyl (C=O) groups excluding carboxylic acids is 2. The Balaban J connectivity index is 2.25. The summed E-state index contributed by atoms with van der Waals surface area (Å²) in [7, 11) is 1.41. The Morgan fingerprint density at radius 2 is 2.26 bits per heavy atom. The summed E-state index contributed by atoms with van der Waals surface area (Å²) in [5.74, 6) is -0.471. The van der Waals surface area contributed by atoms with E-state index in [0.29, 0.717) is 0 Å². The lowest BCUT2D eigenvalue weighted by Crippen LogP contribution is -2.69. The van der Waals surface area contributed by atoms with E-state index in [9.17, 15) is 9.59 Å². The Morgan fingerprint density at radius 3 is 2.79 bits per heavy atom. The third-order valence-electron chi connectivity index (χ3n) is 3.10. The number of alkyl halides is 1. The largest absolute Gasteiger partial charge is 0.393 e. The summed E-state index contributed by atoms with van der Waals surface area (Å²) >= 11 is 3.27. The minimum atomic E-state index is -1.08. The number of amides is 3. The summed E-state index contributed by atoms with van der Waals surface area (Å²) in [6, 6.07) is -0.595. The van der Waals surface area contributed by atoms with Gasteiger partial charge >= 0.3 is 6.03 Å². The maximum atomic E-state index is 12.0. The van der Waals surface area contributed by atoms with Gasteiger partial charge in [0.1, 0.15) is 10.4 Å². The third kappa shape index (κ3) is 2.40. The number of methoxy groups -OCH3 is 1. The summed E-state index contributed by atoms with van der Waals surface area (Å²) in [4.78, 5) is 25.0. The molecule has 0 unspecified atom stereocenters. The Bertz CT molecular complexity index is 425. The van der Waals surface area contributed by atoms with E-state index in [0.717, 1.165) is 0 Å². The van der Waals surface area contributed by atoms with E-state index in [4.69, 9.17) is 14.6 Å². The van der Waals surface area contributed by atoms with Gasteiger partial charge in [0, 0.05) is 7.11 Å². The molecule has 0 spiro atoms. The van der Waals surface area contributed by atoms with Gasteiger partial charge in [-0.1, -0.05) is 22.0 Å². The molecule has 0 bridgehead atoms. The first kappa shape index (κ1) is 14.4. The van der Waals surface area contributed by atoms with Crippen LogP contribution in [0.1, 0.15) is 6.92 Å². The molecule has 1 fully saturated rings. The number of hydrogen-bond donors (Lipinski definition) is 2. The minimum absolute atomic E-state index is 0.176. The first-order valence-corrected chi connectivity index (χ1v) is 6.51. The molecule has 0 saturated carbocycles. The number of aliphatic hydroxyl groups is 1. The van der Waals surface area contributed by atoms with Crippen molar-refractivity contribution in [2.75, 3.05) is 13.7 Å². The Hall–Kier alpha value is -0.960. The predicted molar refractivity (Wildman–Crippen MR) is 68.4 cm³/mol. The topological polar surface area (TPSA) is 88.1 Å². The fourth-order valence-electron chi connectivity index (χ4n) is 2.10. The number of halogens is 1. The van der Waals surface area contributed by atoms with E-state index in [1.165, 1.54) is 12.0 Å². The monoisotopic (exact) mass is 334 g/mol. The number of ether oxygens (including phenoxy) is 2. The van der Waals surface area contributed by atoms with Gasteiger partial charge in [0.15, 0.2) is 12.5 Å². The number of imide groups is 1. The van der Waals surface area contributed by atoms with Gasteiger partial charge in [0.25, 0.3) is 0 Å². The summed E-state index contributed by atoms with van der Waals surface area (Å²) in [6.45, 7) is 1.43. The van der Waals surface area contributed by atoms with Crippen LogP contribution in [0.15, 0.2) is 12.2 Å². The fourth-order valence-corrected chi connectivity index (χ4v) is 2.61. The van der Waals surface area contributed by atoms with Crippen LogP contribution in [0.5, 0.6) is 0 Å². The van der Waals surface area contributed by atoms with Crippen LogP contribution in [0, 0.1) is 0 Å². The van der Waals surface area contributed by atoms with Crippen molar-refractivity contribution in [3.8, 4) is 0 Å². The molecule has 7 nitrogen and oxygen atoms in total. The number of rotatable bonds is 3. The fraction of sp³-hybridized carbons (Fsp3) is 0.636. The zero-order chi connectivity index (χ0) is 14.2. The Morgan fingerprint density at radius 1 is 1.58 bits per heavy atom. The lowest BCUT2D eigenvalue weighted by molar-refractivity contribution is -0.149. The van der Waals surface area contributed by atoms with Gasteiger partial charge in [-0.15, -0.1) is 0 Å². The van der Waals surface area contributed by atoms with Crippen LogP contribution in [0.25, 0.3) is 0 Å². The first-order chi connectivity index (χ1) is 8.91. The number of nitrogens with one attached hydrogen (secondary N) is 1. The molecule has 2 aliphatic rings. The second-order valence-electron chi connectivity index (χ2n) is 4.46. The molecule has 2 rings (SSSR count). The van der Waals surface area contributed by atoms with Crippen LogP contribution in [0.3, 0.4) is 0 Å². The maximum absolute atomic E-state index is 12.0. The van der Waals surface area contributed by atoms with E-state index >= 15 is 0 Å². The number of urea groups is 1. The van der Waals surface area contributed by atoms with Crippen LogP contribution in [-0.2, 0) is 14.3 Å². The molecule has 0 aromatic rings. The van der Waals surface area contributed by atoms with Gasteiger partial charge < -0.3 is 14.6 Å². The van der Waals surface area contributed by atoms with E-state index in [1.807, 2.05) is 0 Å². The lowest BCUT2D eigenvalue weighted by atomic mass is 10.1. The second kappa shape index (κ2) is 5.20. The molecule has 0 radical (unpaired) electrons. The molecule has 2 heterocycles. The summed E-state index contributed by atoms with van der Waals surface area (Å²) in [6.07, 6.45) is 1.33. The van der Waals surface area contributed by atoms with Crippen LogP contribution < -0.4 is 5.32 Å². The van der Waals surface area contributed by atoms with Crippen molar-refractivity contribution in [3.05, 3.63) is 12.2 Å². The van der Waals surface area contributed by atoms with E-state index in [2.05, 4.69) is 21.2 Å². The molecule has 2 N–H and O–H groups in total. The molecular weight excluding hydrogens is 320 g/mol. The zero-order valence-corrected chi connectivity index (χ0v) is 12.1. The van der Waals surface area contributed by atoms with Gasteiger partial charge in [-0.25, -0.2) is 4.79 Å². The van der Waals surface area contributed by atoms with Crippen molar-refractivity contribution in [1.29, 1.82) is 0 Å². The van der Waals surface area contributed by atoms with E-state index in [1.54, 1.807) is 19.1 Å². The van der Waals surface area contributed by atoms with Gasteiger partial charge in [-0.2, -0.15) is 0 Å². The van der Waals surface area contributed by atoms with Gasteiger partial charge in [-0.05, 0) is 13.0 Å². The third-order valence-corrected chi connectivity index (χ3v) is 3.85. The normalized spacial score (nSPS) is 38.7. The standard InChI is InChI=1S/C11H15BrN2O5/c1-11(12)8(16)13-10(17)14(9(11)18-2)7-4-3-6(5-15)19-7/h3-4,6-7,9,15H,5H2,1-2H3,(H,13,16,17)/t6-,7+,9-,11+/m0/s1. The minimum Gasteiger partial charge on any atom is -0.393 e. The second-order valence-corrected chi connectivity index (χ2v) is 6.11. The van der Waals surface area contributed by atoms with Crippen molar-refractivity contribution >= 4 is 27.9 Å². The summed E-state index contributed by atoms with van der Waals surface area (Å²) < 4.78 is 9.66. The molecule has 2 aliphatic heterocycles. The number of hydrogen-bond acceptors (Lipinski definition) is 5.